The molecule has 0 aliphatic rings. The van der Waals surface area contributed by atoms with E-state index < -0.39 is 97.5 Å². The molecule has 3 N–H and O–H groups in total. The Balaban J connectivity index is 5.22. The van der Waals surface area contributed by atoms with Gasteiger partial charge in [0.1, 0.15) is 19.3 Å². The lowest BCUT2D eigenvalue weighted by Gasteiger charge is -2.21. The third-order valence-electron chi connectivity index (χ3n) is 19.7. The molecule has 0 aliphatic heterocycles. The van der Waals surface area contributed by atoms with E-state index in [4.69, 9.17) is 37.0 Å². The van der Waals surface area contributed by atoms with Gasteiger partial charge in [0.15, 0.2) is 12.2 Å². The summed E-state index contributed by atoms with van der Waals surface area (Å²) in [7, 11) is -9.92. The van der Waals surface area contributed by atoms with Gasteiger partial charge in [-0.15, -0.1) is 0 Å². The highest BCUT2D eigenvalue weighted by atomic mass is 31.2. The molecule has 0 aromatic rings. The number of aliphatic hydroxyl groups excluding tert-OH is 1. The van der Waals surface area contributed by atoms with Gasteiger partial charge >= 0.3 is 39.5 Å². The molecule has 6 atom stereocenters. The van der Waals surface area contributed by atoms with Crippen molar-refractivity contribution in [2.75, 3.05) is 39.6 Å². The molecule has 3 unspecified atom stereocenters. The van der Waals surface area contributed by atoms with Crippen molar-refractivity contribution >= 4 is 39.5 Å². The van der Waals surface area contributed by atoms with E-state index >= 15 is 0 Å². The van der Waals surface area contributed by atoms with E-state index in [0.717, 1.165) is 108 Å². The van der Waals surface area contributed by atoms with E-state index in [1.165, 1.54) is 238 Å². The Bertz CT molecular complexity index is 1980. The average Bonchev–Trinajstić information content (AvgIpc) is 1.21. The van der Waals surface area contributed by atoms with Crippen LogP contribution in [0.15, 0.2) is 0 Å². The maximum atomic E-state index is 13.1. The maximum Gasteiger partial charge on any atom is 0.472 e. The highest BCUT2D eigenvalue weighted by Gasteiger charge is 2.30. The second kappa shape index (κ2) is 73.2. The lowest BCUT2D eigenvalue weighted by atomic mass is 9.99. The second-order valence-corrected chi connectivity index (χ2v) is 34.0. The smallest absolute Gasteiger partial charge is 0.462 e. The van der Waals surface area contributed by atoms with Crippen LogP contribution < -0.4 is 0 Å². The SMILES string of the molecule is CCCCCCCCCCCCCCCCCCCCCCCCC(=O)O[C@H](COC(=O)CCCCCCCCCCCCCCCC(C)C)COP(=O)(O)OC[C@@H](O)COP(=O)(O)OC[C@@H](COC(=O)CCCCCCCCCC(C)C)OC(=O)CCCCCCCCCCCCC(C)CC. The van der Waals surface area contributed by atoms with Gasteiger partial charge in [-0.1, -0.05) is 382 Å². The Hall–Kier alpha value is -1.94. The largest absolute Gasteiger partial charge is 0.472 e. The normalized spacial score (nSPS) is 14.2. The molecule has 17 nitrogen and oxygen atoms in total. The Kier molecular flexibility index (Phi) is 71.8. The quantitative estimate of drug-likeness (QED) is 0.0222. The van der Waals surface area contributed by atoms with E-state index in [0.29, 0.717) is 31.6 Å². The van der Waals surface area contributed by atoms with Gasteiger partial charge in [0.05, 0.1) is 26.4 Å². The van der Waals surface area contributed by atoms with Crippen molar-refractivity contribution in [2.24, 2.45) is 17.8 Å². The van der Waals surface area contributed by atoms with Crippen LogP contribution in [0, 0.1) is 17.8 Å². The molecule has 0 heterocycles. The molecule has 0 spiro atoms. The molecule has 0 saturated carbocycles. The molecule has 0 bridgehead atoms. The minimum absolute atomic E-state index is 0.105. The molecule has 19 heteroatoms. The van der Waals surface area contributed by atoms with E-state index in [1.807, 2.05) is 0 Å². The van der Waals surface area contributed by atoms with Crippen LogP contribution in [0.1, 0.15) is 434 Å². The Labute approximate surface area is 626 Å². The highest BCUT2D eigenvalue weighted by molar-refractivity contribution is 7.47. The predicted octanol–water partition coefficient (Wildman–Crippen LogP) is 24.9. The number of ether oxygens (including phenoxy) is 4. The first-order valence-corrected chi connectivity index (χ1v) is 45.9. The summed E-state index contributed by atoms with van der Waals surface area (Å²) in [5, 5.41) is 10.7. The summed E-state index contributed by atoms with van der Waals surface area (Å²) in [6, 6.07) is 0. The van der Waals surface area contributed by atoms with Gasteiger partial charge in [-0.2, -0.15) is 0 Å². The van der Waals surface area contributed by atoms with Crippen molar-refractivity contribution < 1.29 is 80.2 Å². The summed E-state index contributed by atoms with van der Waals surface area (Å²) in [5.41, 5.74) is 0. The maximum absolute atomic E-state index is 13.1. The van der Waals surface area contributed by atoms with Crippen molar-refractivity contribution in [3.8, 4) is 0 Å². The molecule has 0 radical (unpaired) electrons. The van der Waals surface area contributed by atoms with E-state index in [2.05, 4.69) is 48.5 Å². The summed E-state index contributed by atoms with van der Waals surface area (Å²) in [5.74, 6) is 0.188. The Morgan fingerprint density at radius 2 is 0.500 bits per heavy atom. The fraction of sp³-hybridized carbons (Fsp3) is 0.952. The topological polar surface area (TPSA) is 237 Å². The zero-order valence-corrected chi connectivity index (χ0v) is 68.9. The number of hydrogen-bond acceptors (Lipinski definition) is 15. The molecule has 0 aromatic heterocycles. The van der Waals surface area contributed by atoms with Crippen LogP contribution in [0.2, 0.25) is 0 Å². The van der Waals surface area contributed by atoms with Gasteiger partial charge in [0.2, 0.25) is 0 Å². The zero-order chi connectivity index (χ0) is 75.1. The molecule has 0 rings (SSSR count). The van der Waals surface area contributed by atoms with Crippen LogP contribution in [0.25, 0.3) is 0 Å². The highest BCUT2D eigenvalue weighted by Crippen LogP contribution is 2.45. The molecule has 606 valence electrons. The minimum atomic E-state index is -4.96. The first kappa shape index (κ1) is 100. The summed E-state index contributed by atoms with van der Waals surface area (Å²) in [6.07, 6.45) is 62.6. The number of carbonyl (C=O) groups excluding carboxylic acids is 4. The fourth-order valence-corrected chi connectivity index (χ4v) is 14.4. The summed E-state index contributed by atoms with van der Waals surface area (Å²) >= 11 is 0. The monoisotopic (exact) mass is 1490 g/mol. The third kappa shape index (κ3) is 74.9. The van der Waals surface area contributed by atoms with Crippen molar-refractivity contribution in [1.29, 1.82) is 0 Å². The summed E-state index contributed by atoms with van der Waals surface area (Å²) in [4.78, 5) is 73.1. The molecule has 0 saturated heterocycles. The van der Waals surface area contributed by atoms with Crippen LogP contribution in [0.3, 0.4) is 0 Å². The number of aliphatic hydroxyl groups is 1. The number of esters is 4. The van der Waals surface area contributed by atoms with Gasteiger partial charge in [-0.3, -0.25) is 37.3 Å². The number of hydrogen-bond donors (Lipinski definition) is 3. The van der Waals surface area contributed by atoms with Crippen LogP contribution in [0.5, 0.6) is 0 Å². The summed E-state index contributed by atoms with van der Waals surface area (Å²) in [6.45, 7) is 11.9. The van der Waals surface area contributed by atoms with Crippen molar-refractivity contribution in [3.05, 3.63) is 0 Å². The van der Waals surface area contributed by atoms with Crippen LogP contribution in [-0.4, -0.2) is 96.7 Å². The molecule has 102 heavy (non-hydrogen) atoms. The average molecular weight is 1490 g/mol. The first-order chi connectivity index (χ1) is 49.3. The predicted molar refractivity (Wildman–Crippen MR) is 418 cm³/mol. The van der Waals surface area contributed by atoms with Crippen LogP contribution in [-0.2, 0) is 65.4 Å². The second-order valence-electron chi connectivity index (χ2n) is 31.1. The fourth-order valence-electron chi connectivity index (χ4n) is 12.8. The van der Waals surface area contributed by atoms with E-state index in [-0.39, 0.29) is 25.7 Å². The number of carbonyl (C=O) groups is 4. The molecular weight excluding hydrogens is 1330 g/mol. The van der Waals surface area contributed by atoms with Gasteiger partial charge < -0.3 is 33.8 Å². The first-order valence-electron chi connectivity index (χ1n) is 42.9. The Morgan fingerprint density at radius 1 is 0.284 bits per heavy atom. The van der Waals surface area contributed by atoms with Gasteiger partial charge in [-0.25, -0.2) is 9.13 Å². The lowest BCUT2D eigenvalue weighted by molar-refractivity contribution is -0.161. The zero-order valence-electron chi connectivity index (χ0n) is 67.1. The van der Waals surface area contributed by atoms with Crippen molar-refractivity contribution in [2.45, 2.75) is 452 Å². The molecular formula is C83H162O17P2. The van der Waals surface area contributed by atoms with Crippen molar-refractivity contribution in [1.82, 2.24) is 0 Å². The number of rotatable bonds is 81. The molecule has 0 aromatic carbocycles. The minimum Gasteiger partial charge on any atom is -0.462 e. The van der Waals surface area contributed by atoms with Gasteiger partial charge in [0, 0.05) is 25.7 Å². The lowest BCUT2D eigenvalue weighted by Crippen LogP contribution is -2.30. The van der Waals surface area contributed by atoms with Crippen molar-refractivity contribution in [3.63, 3.8) is 0 Å². The standard InChI is InChI=1S/C83H162O17P2/c1-8-10-11-12-13-14-15-16-17-18-19-20-21-22-23-24-27-31-37-44-52-59-66-82(87)99-78(70-93-80(85)64-57-50-43-36-30-28-25-26-29-34-40-47-54-61-74(3)4)72-97-101(89,90)95-68-77(84)69-96-102(91,92)98-73-79(71-94-81(86)65-58-51-46-39-41-48-55-62-75(5)6)100-83(88)67-60-53-45-38-33-32-35-42-49-56-63-76(7)9-2/h74-79,84H,8-73H2,1-7H3,(H,89,90)(H,91,92)/t76?,77-,78-,79-/m1/s1. The molecule has 0 fully saturated rings. The van der Waals surface area contributed by atoms with E-state index in [9.17, 15) is 43.2 Å². The third-order valence-corrected chi connectivity index (χ3v) is 21.6. The molecule has 0 aliphatic carbocycles. The Morgan fingerprint density at radius 3 is 0.745 bits per heavy atom. The van der Waals surface area contributed by atoms with Gasteiger partial charge in [0.25, 0.3) is 0 Å². The summed E-state index contributed by atoms with van der Waals surface area (Å²) < 4.78 is 68.8. The van der Waals surface area contributed by atoms with Crippen LogP contribution >= 0.6 is 15.6 Å². The number of phosphoric ester groups is 2. The number of phosphoric acid groups is 2. The van der Waals surface area contributed by atoms with Crippen LogP contribution in [0.4, 0.5) is 0 Å². The van der Waals surface area contributed by atoms with Gasteiger partial charge in [-0.05, 0) is 43.4 Å². The number of unbranched alkanes of at least 4 members (excludes halogenated alkanes) is 48. The molecule has 0 amide bonds. The van der Waals surface area contributed by atoms with E-state index in [1.54, 1.807) is 0 Å².